The molecule has 2 N–H and O–H groups in total. The third-order valence-corrected chi connectivity index (χ3v) is 8.20. The monoisotopic (exact) mass is 553 g/mol. The van der Waals surface area contributed by atoms with Crippen LogP contribution in [0.5, 0.6) is 0 Å². The van der Waals surface area contributed by atoms with Gasteiger partial charge in [-0.25, -0.2) is 4.79 Å². The van der Waals surface area contributed by atoms with Crippen molar-refractivity contribution in [1.29, 1.82) is 0 Å². The van der Waals surface area contributed by atoms with Gasteiger partial charge in [0, 0.05) is 17.0 Å². The SMILES string of the molecule is C=CCn1c(CNC(=O)c2cccc(C)c2)nnc1SCC(=O)Nc1sc2c(c1C(=O)OCC)CCCC2. The van der Waals surface area contributed by atoms with Gasteiger partial charge < -0.3 is 19.9 Å². The molecule has 0 radical (unpaired) electrons. The highest BCUT2D eigenvalue weighted by atomic mass is 32.2. The van der Waals surface area contributed by atoms with Gasteiger partial charge in [0.05, 0.1) is 24.5 Å². The number of esters is 1. The Balaban J connectivity index is 1.41. The molecule has 0 bridgehead atoms. The van der Waals surface area contributed by atoms with E-state index < -0.39 is 5.97 Å². The second-order valence-corrected chi connectivity index (χ2v) is 10.9. The van der Waals surface area contributed by atoms with E-state index >= 15 is 0 Å². The van der Waals surface area contributed by atoms with Crippen molar-refractivity contribution < 1.29 is 19.1 Å². The van der Waals surface area contributed by atoms with E-state index in [9.17, 15) is 14.4 Å². The number of hydrogen-bond donors (Lipinski definition) is 2. The van der Waals surface area contributed by atoms with Gasteiger partial charge in [0.1, 0.15) is 5.00 Å². The third kappa shape index (κ3) is 6.51. The maximum atomic E-state index is 12.9. The lowest BCUT2D eigenvalue weighted by atomic mass is 9.95. The summed E-state index contributed by atoms with van der Waals surface area (Å²) in [5.41, 5.74) is 3.07. The second-order valence-electron chi connectivity index (χ2n) is 8.82. The van der Waals surface area contributed by atoms with Crippen LogP contribution in [-0.4, -0.2) is 44.9 Å². The van der Waals surface area contributed by atoms with Crippen molar-refractivity contribution in [3.05, 3.63) is 69.9 Å². The average molecular weight is 554 g/mol. The summed E-state index contributed by atoms with van der Waals surface area (Å²) in [5, 5.41) is 15.3. The molecule has 2 aromatic heterocycles. The van der Waals surface area contributed by atoms with Crippen molar-refractivity contribution in [2.45, 2.75) is 57.8 Å². The van der Waals surface area contributed by atoms with Gasteiger partial charge in [0.2, 0.25) is 5.91 Å². The van der Waals surface area contributed by atoms with Gasteiger partial charge in [-0.2, -0.15) is 0 Å². The molecule has 0 saturated heterocycles. The van der Waals surface area contributed by atoms with E-state index in [1.807, 2.05) is 29.7 Å². The van der Waals surface area contributed by atoms with Crippen LogP contribution in [0.2, 0.25) is 0 Å². The number of aryl methyl sites for hydroxylation is 2. The van der Waals surface area contributed by atoms with Gasteiger partial charge in [-0.3, -0.25) is 9.59 Å². The second kappa shape index (κ2) is 12.9. The number of carbonyl (C=O) groups excluding carboxylic acids is 3. The summed E-state index contributed by atoms with van der Waals surface area (Å²) in [5.74, 6) is -0.203. The molecule has 0 atom stereocenters. The average Bonchev–Trinajstić information content (AvgIpc) is 3.46. The first-order valence-electron chi connectivity index (χ1n) is 12.5. The van der Waals surface area contributed by atoms with Crippen molar-refractivity contribution in [2.24, 2.45) is 0 Å². The molecule has 1 aromatic carbocycles. The van der Waals surface area contributed by atoms with E-state index in [1.54, 1.807) is 19.1 Å². The van der Waals surface area contributed by atoms with E-state index in [2.05, 4.69) is 27.4 Å². The lowest BCUT2D eigenvalue weighted by molar-refractivity contribution is -0.113. The third-order valence-electron chi connectivity index (χ3n) is 6.03. The number of nitrogens with zero attached hydrogens (tertiary/aromatic N) is 3. The molecule has 0 unspecified atom stereocenters. The first-order valence-corrected chi connectivity index (χ1v) is 14.3. The van der Waals surface area contributed by atoms with Crippen LogP contribution < -0.4 is 10.6 Å². The maximum absolute atomic E-state index is 12.9. The quantitative estimate of drug-likeness (QED) is 0.203. The van der Waals surface area contributed by atoms with Gasteiger partial charge in [-0.15, -0.1) is 28.1 Å². The molecule has 4 rings (SSSR count). The number of benzene rings is 1. The topological polar surface area (TPSA) is 115 Å². The smallest absolute Gasteiger partial charge is 0.341 e. The molecule has 1 aliphatic rings. The van der Waals surface area contributed by atoms with E-state index in [4.69, 9.17) is 4.74 Å². The molecule has 11 heteroatoms. The molecule has 38 heavy (non-hydrogen) atoms. The Hall–Kier alpha value is -3.44. The Bertz CT molecular complexity index is 1350. The number of anilines is 1. The Labute approximate surface area is 230 Å². The van der Waals surface area contributed by atoms with Crippen LogP contribution in [-0.2, 0) is 35.5 Å². The van der Waals surface area contributed by atoms with Gasteiger partial charge in [0.15, 0.2) is 11.0 Å². The van der Waals surface area contributed by atoms with Crippen molar-refractivity contribution in [3.63, 3.8) is 0 Å². The summed E-state index contributed by atoms with van der Waals surface area (Å²) in [4.78, 5) is 39.2. The zero-order valence-corrected chi connectivity index (χ0v) is 23.2. The molecule has 0 spiro atoms. The predicted octanol–water partition coefficient (Wildman–Crippen LogP) is 4.55. The number of amides is 2. The Kier molecular flexibility index (Phi) is 9.35. The predicted molar refractivity (Wildman–Crippen MR) is 149 cm³/mol. The molecule has 3 aromatic rings. The molecule has 200 valence electrons. The van der Waals surface area contributed by atoms with Crippen molar-refractivity contribution in [3.8, 4) is 0 Å². The molecule has 1 aliphatic carbocycles. The first kappa shape index (κ1) is 27.6. The Morgan fingerprint density at radius 1 is 1.24 bits per heavy atom. The van der Waals surface area contributed by atoms with Crippen LogP contribution in [0.1, 0.15) is 62.3 Å². The minimum Gasteiger partial charge on any atom is -0.462 e. The highest BCUT2D eigenvalue weighted by Crippen LogP contribution is 2.38. The summed E-state index contributed by atoms with van der Waals surface area (Å²) in [6, 6.07) is 7.35. The van der Waals surface area contributed by atoms with E-state index in [0.717, 1.165) is 41.7 Å². The standard InChI is InChI=1S/C27H31N5O4S2/c1-4-13-32-21(15-28-24(34)18-10-8-9-17(3)14-18)30-31-27(32)37-16-22(33)29-25-23(26(35)36-5-2)19-11-6-7-12-20(19)38-25/h4,8-10,14H,1,5-7,11-13,15-16H2,2-3H3,(H,28,34)(H,29,33). The maximum Gasteiger partial charge on any atom is 0.341 e. The number of allylic oxidation sites excluding steroid dienone is 1. The molecular formula is C27H31N5O4S2. The fourth-order valence-electron chi connectivity index (χ4n) is 4.28. The molecule has 9 nitrogen and oxygen atoms in total. The van der Waals surface area contributed by atoms with Crippen molar-refractivity contribution in [2.75, 3.05) is 17.7 Å². The number of nitrogens with one attached hydrogen (secondary N) is 2. The lowest BCUT2D eigenvalue weighted by Crippen LogP contribution is -2.25. The molecule has 2 heterocycles. The van der Waals surface area contributed by atoms with Crippen LogP contribution in [0.25, 0.3) is 0 Å². The summed E-state index contributed by atoms with van der Waals surface area (Å²) in [6.45, 7) is 8.39. The highest BCUT2D eigenvalue weighted by Gasteiger charge is 2.27. The number of ether oxygens (including phenoxy) is 1. The van der Waals surface area contributed by atoms with E-state index in [-0.39, 0.29) is 30.7 Å². The number of fused-ring (bicyclic) bond motifs is 1. The van der Waals surface area contributed by atoms with E-state index in [1.165, 1.54) is 23.1 Å². The summed E-state index contributed by atoms with van der Waals surface area (Å²) < 4.78 is 7.09. The van der Waals surface area contributed by atoms with Crippen LogP contribution in [0, 0.1) is 6.92 Å². The van der Waals surface area contributed by atoms with Gasteiger partial charge >= 0.3 is 5.97 Å². The van der Waals surface area contributed by atoms with Gasteiger partial charge in [0.25, 0.3) is 5.91 Å². The molecule has 0 fully saturated rings. The summed E-state index contributed by atoms with van der Waals surface area (Å²) >= 11 is 2.69. The number of thioether (sulfide) groups is 1. The van der Waals surface area contributed by atoms with Gasteiger partial charge in [-0.05, 0) is 57.2 Å². The fourth-order valence-corrected chi connectivity index (χ4v) is 6.34. The normalized spacial score (nSPS) is 12.5. The number of thiophene rings is 1. The van der Waals surface area contributed by atoms with Crippen LogP contribution in [0.3, 0.4) is 0 Å². The largest absolute Gasteiger partial charge is 0.462 e. The molecular weight excluding hydrogens is 522 g/mol. The minimum atomic E-state index is -0.391. The first-order chi connectivity index (χ1) is 18.4. The fraction of sp³-hybridized carbons (Fsp3) is 0.370. The zero-order valence-electron chi connectivity index (χ0n) is 21.5. The Morgan fingerprint density at radius 2 is 2.05 bits per heavy atom. The summed E-state index contributed by atoms with van der Waals surface area (Å²) in [6.07, 6.45) is 5.53. The van der Waals surface area contributed by atoms with E-state index in [0.29, 0.717) is 33.7 Å². The number of rotatable bonds is 11. The highest BCUT2D eigenvalue weighted by molar-refractivity contribution is 7.99. The number of aromatic nitrogens is 3. The van der Waals surface area contributed by atoms with Gasteiger partial charge in [-0.1, -0.05) is 35.5 Å². The van der Waals surface area contributed by atoms with Crippen LogP contribution in [0.15, 0.2) is 42.1 Å². The molecule has 0 aliphatic heterocycles. The van der Waals surface area contributed by atoms with Crippen molar-refractivity contribution in [1.82, 2.24) is 20.1 Å². The molecule has 2 amide bonds. The minimum absolute atomic E-state index is 0.0791. The lowest BCUT2D eigenvalue weighted by Gasteiger charge is -2.12. The number of hydrogen-bond acceptors (Lipinski definition) is 8. The summed E-state index contributed by atoms with van der Waals surface area (Å²) in [7, 11) is 0. The number of carbonyl (C=O) groups is 3. The molecule has 0 saturated carbocycles. The van der Waals surface area contributed by atoms with Crippen LogP contribution in [0.4, 0.5) is 5.00 Å². The zero-order chi connectivity index (χ0) is 27.1. The van der Waals surface area contributed by atoms with Crippen molar-refractivity contribution >= 4 is 45.9 Å². The van der Waals surface area contributed by atoms with Crippen LogP contribution >= 0.6 is 23.1 Å². The Morgan fingerprint density at radius 3 is 2.82 bits per heavy atom.